The van der Waals surface area contributed by atoms with Gasteiger partial charge in [0.2, 0.25) is 0 Å². The van der Waals surface area contributed by atoms with Crippen molar-refractivity contribution in [3.63, 3.8) is 0 Å². The third kappa shape index (κ3) is 2.18. The summed E-state index contributed by atoms with van der Waals surface area (Å²) in [4.78, 5) is 2.29. The van der Waals surface area contributed by atoms with Gasteiger partial charge in [0.25, 0.3) is 0 Å². The van der Waals surface area contributed by atoms with E-state index in [4.69, 9.17) is 16.3 Å². The van der Waals surface area contributed by atoms with Crippen molar-refractivity contribution in [2.45, 2.75) is 6.42 Å². The largest absolute Gasteiger partial charge is 0.490 e. The zero-order valence-electron chi connectivity index (χ0n) is 10.0. The lowest BCUT2D eigenvalue weighted by atomic mass is 10.1. The van der Waals surface area contributed by atoms with E-state index < -0.39 is 0 Å². The van der Waals surface area contributed by atoms with Crippen molar-refractivity contribution < 1.29 is 4.74 Å². The van der Waals surface area contributed by atoms with Crippen molar-refractivity contribution in [1.82, 2.24) is 5.32 Å². The minimum absolute atomic E-state index is 0.712. The summed E-state index contributed by atoms with van der Waals surface area (Å²) < 4.78 is 5.65. The van der Waals surface area contributed by atoms with Crippen LogP contribution in [0.1, 0.15) is 6.42 Å². The number of dihydropyridines is 1. The van der Waals surface area contributed by atoms with Crippen LogP contribution in [-0.2, 0) is 0 Å². The Morgan fingerprint density at radius 2 is 2.33 bits per heavy atom. The monoisotopic (exact) mass is 262 g/mol. The molecule has 2 heterocycles. The number of allylic oxidation sites excluding steroid dienone is 1. The van der Waals surface area contributed by atoms with Crippen LogP contribution in [-0.4, -0.2) is 19.7 Å². The van der Waals surface area contributed by atoms with E-state index in [1.165, 1.54) is 5.57 Å². The molecule has 0 aliphatic carbocycles. The summed E-state index contributed by atoms with van der Waals surface area (Å²) in [7, 11) is 0. The van der Waals surface area contributed by atoms with E-state index in [2.05, 4.69) is 22.5 Å². The zero-order chi connectivity index (χ0) is 12.4. The van der Waals surface area contributed by atoms with E-state index >= 15 is 0 Å². The molecule has 0 fully saturated rings. The second-order valence-corrected chi connectivity index (χ2v) is 4.84. The number of anilines is 1. The lowest BCUT2D eigenvalue weighted by Crippen LogP contribution is -2.34. The number of rotatable bonds is 2. The van der Waals surface area contributed by atoms with Gasteiger partial charge >= 0.3 is 0 Å². The summed E-state index contributed by atoms with van der Waals surface area (Å²) in [6, 6.07) is 5.81. The van der Waals surface area contributed by atoms with Gasteiger partial charge in [-0.05, 0) is 30.3 Å². The summed E-state index contributed by atoms with van der Waals surface area (Å²) in [6.07, 6.45) is 7.14. The van der Waals surface area contributed by atoms with Gasteiger partial charge in [-0.25, -0.2) is 0 Å². The number of benzene rings is 1. The number of nitrogens with one attached hydrogen (secondary N) is 1. The van der Waals surface area contributed by atoms with Gasteiger partial charge < -0.3 is 15.0 Å². The standard InChI is InChI=1S/C14H15ClN2O/c15-12-4-1-5-13-14(12)17(7-8-18-13)10-11-3-2-6-16-9-11/h1-2,4-6,9,16H,3,7-8,10H2. The molecule has 0 radical (unpaired) electrons. The van der Waals surface area contributed by atoms with E-state index in [9.17, 15) is 0 Å². The molecule has 94 valence electrons. The molecular formula is C14H15ClN2O. The number of ether oxygens (including phenoxy) is 1. The second-order valence-electron chi connectivity index (χ2n) is 4.43. The molecule has 0 aromatic heterocycles. The van der Waals surface area contributed by atoms with Gasteiger partial charge in [-0.1, -0.05) is 23.7 Å². The molecule has 4 heteroatoms. The quantitative estimate of drug-likeness (QED) is 0.887. The van der Waals surface area contributed by atoms with Crippen molar-refractivity contribution in [3.05, 3.63) is 47.3 Å². The Labute approximate surface area is 112 Å². The predicted octanol–water partition coefficient (Wildman–Crippen LogP) is 2.93. The second kappa shape index (κ2) is 4.94. The lowest BCUT2D eigenvalue weighted by Gasteiger charge is -2.32. The van der Waals surface area contributed by atoms with E-state index in [0.29, 0.717) is 6.61 Å². The SMILES string of the molecule is Clc1cccc2c1N(CC1=CNC=CC1)CCO2. The van der Waals surface area contributed by atoms with Gasteiger partial charge in [0.05, 0.1) is 17.3 Å². The minimum atomic E-state index is 0.712. The van der Waals surface area contributed by atoms with Gasteiger partial charge in [0, 0.05) is 12.7 Å². The maximum Gasteiger partial charge on any atom is 0.144 e. The molecule has 3 nitrogen and oxygen atoms in total. The average molecular weight is 263 g/mol. The van der Waals surface area contributed by atoms with Crippen molar-refractivity contribution >= 4 is 17.3 Å². The predicted molar refractivity (Wildman–Crippen MR) is 74.1 cm³/mol. The maximum absolute atomic E-state index is 6.28. The van der Waals surface area contributed by atoms with E-state index in [-0.39, 0.29) is 0 Å². The normalized spacial score (nSPS) is 17.6. The molecule has 0 saturated heterocycles. The van der Waals surface area contributed by atoms with Crippen LogP contribution in [0.15, 0.2) is 42.2 Å². The molecule has 0 bridgehead atoms. The summed E-state index contributed by atoms with van der Waals surface area (Å²) in [5.41, 5.74) is 2.37. The fraction of sp³-hybridized carbons (Fsp3) is 0.286. The third-order valence-corrected chi connectivity index (χ3v) is 3.47. The smallest absolute Gasteiger partial charge is 0.144 e. The molecule has 1 N–H and O–H groups in total. The highest BCUT2D eigenvalue weighted by molar-refractivity contribution is 6.33. The minimum Gasteiger partial charge on any atom is -0.490 e. The van der Waals surface area contributed by atoms with Gasteiger partial charge in [0.15, 0.2) is 0 Å². The van der Waals surface area contributed by atoms with Gasteiger partial charge in [0.1, 0.15) is 12.4 Å². The van der Waals surface area contributed by atoms with Crippen LogP contribution < -0.4 is 15.0 Å². The molecule has 2 aliphatic heterocycles. The Bertz CT molecular complexity index is 511. The van der Waals surface area contributed by atoms with Gasteiger partial charge in [-0.15, -0.1) is 0 Å². The summed E-state index contributed by atoms with van der Waals surface area (Å²) >= 11 is 6.28. The third-order valence-electron chi connectivity index (χ3n) is 3.16. The molecule has 0 atom stereocenters. The molecule has 0 unspecified atom stereocenters. The molecule has 0 spiro atoms. The Morgan fingerprint density at radius 1 is 1.39 bits per heavy atom. The zero-order valence-corrected chi connectivity index (χ0v) is 10.8. The van der Waals surface area contributed by atoms with Crippen molar-refractivity contribution in [2.24, 2.45) is 0 Å². The fourth-order valence-electron chi connectivity index (χ4n) is 2.31. The first-order valence-corrected chi connectivity index (χ1v) is 6.47. The Morgan fingerprint density at radius 3 is 3.17 bits per heavy atom. The van der Waals surface area contributed by atoms with Crippen molar-refractivity contribution in [2.75, 3.05) is 24.6 Å². The highest BCUT2D eigenvalue weighted by atomic mass is 35.5. The number of hydrogen-bond acceptors (Lipinski definition) is 3. The number of fused-ring (bicyclic) bond motifs is 1. The molecule has 1 aromatic rings. The van der Waals surface area contributed by atoms with E-state index in [0.717, 1.165) is 36.0 Å². The Hall–Kier alpha value is -1.61. The lowest BCUT2D eigenvalue weighted by molar-refractivity contribution is 0.309. The molecule has 0 saturated carbocycles. The van der Waals surface area contributed by atoms with Crippen LogP contribution in [0.4, 0.5) is 5.69 Å². The summed E-state index contributed by atoms with van der Waals surface area (Å²) in [5, 5.41) is 3.89. The van der Waals surface area contributed by atoms with Crippen LogP contribution in [0.25, 0.3) is 0 Å². The topological polar surface area (TPSA) is 24.5 Å². The van der Waals surface area contributed by atoms with Crippen LogP contribution in [0.5, 0.6) is 5.75 Å². The van der Waals surface area contributed by atoms with Gasteiger partial charge in [-0.2, -0.15) is 0 Å². The molecule has 2 aliphatic rings. The Kier molecular flexibility index (Phi) is 3.15. The maximum atomic E-state index is 6.28. The number of nitrogens with zero attached hydrogens (tertiary/aromatic N) is 1. The van der Waals surface area contributed by atoms with Crippen molar-refractivity contribution in [1.29, 1.82) is 0 Å². The fourth-order valence-corrected chi connectivity index (χ4v) is 2.60. The highest BCUT2D eigenvalue weighted by Gasteiger charge is 2.21. The van der Waals surface area contributed by atoms with E-state index in [1.807, 2.05) is 24.4 Å². The van der Waals surface area contributed by atoms with Crippen LogP contribution >= 0.6 is 11.6 Å². The summed E-state index contributed by atoms with van der Waals surface area (Å²) in [5.74, 6) is 0.883. The number of para-hydroxylation sites is 1. The van der Waals surface area contributed by atoms with Gasteiger partial charge in [-0.3, -0.25) is 0 Å². The van der Waals surface area contributed by atoms with E-state index in [1.54, 1.807) is 0 Å². The first kappa shape index (κ1) is 11.5. The summed E-state index contributed by atoms with van der Waals surface area (Å²) in [6.45, 7) is 2.47. The van der Waals surface area contributed by atoms with Crippen molar-refractivity contribution in [3.8, 4) is 5.75 Å². The number of halogens is 1. The average Bonchev–Trinajstić information content (AvgIpc) is 2.40. The first-order valence-electron chi connectivity index (χ1n) is 6.10. The molecule has 3 rings (SSSR count). The van der Waals surface area contributed by atoms with Crippen LogP contribution in [0.3, 0.4) is 0 Å². The molecule has 1 aromatic carbocycles. The molecule has 0 amide bonds. The highest BCUT2D eigenvalue weighted by Crippen LogP contribution is 2.38. The van der Waals surface area contributed by atoms with Crippen LogP contribution in [0, 0.1) is 0 Å². The molecule has 18 heavy (non-hydrogen) atoms. The number of hydrogen-bond donors (Lipinski definition) is 1. The molecular weight excluding hydrogens is 248 g/mol. The first-order chi connectivity index (χ1) is 8.84. The Balaban J connectivity index is 1.85. The van der Waals surface area contributed by atoms with Crippen LogP contribution in [0.2, 0.25) is 5.02 Å².